The molecule has 18 heavy (non-hydrogen) atoms. The summed E-state index contributed by atoms with van der Waals surface area (Å²) in [5.41, 5.74) is 6.82. The van der Waals surface area contributed by atoms with Gasteiger partial charge in [0.05, 0.1) is 11.5 Å². The Labute approximate surface area is 106 Å². The summed E-state index contributed by atoms with van der Waals surface area (Å²) in [5.74, 6) is -0.417. The van der Waals surface area contributed by atoms with Gasteiger partial charge in [0.25, 0.3) is 0 Å². The quantitative estimate of drug-likeness (QED) is 0.649. The van der Waals surface area contributed by atoms with Crippen LogP contribution in [0.15, 0.2) is 36.1 Å². The van der Waals surface area contributed by atoms with E-state index in [0.717, 1.165) is 18.5 Å². The zero-order valence-corrected chi connectivity index (χ0v) is 10.2. The molecule has 1 saturated heterocycles. The molecule has 1 aliphatic heterocycles. The molecule has 3 N–H and O–H groups in total. The number of carbonyl (C=O) groups is 1. The first-order chi connectivity index (χ1) is 8.74. The molecule has 1 fully saturated rings. The molecular formula is C14H18N2O2. The van der Waals surface area contributed by atoms with Gasteiger partial charge in [-0.25, -0.2) is 5.43 Å². The predicted octanol–water partition coefficient (Wildman–Crippen LogP) is 1.73. The maximum Gasteiger partial charge on any atom is 0.311 e. The molecule has 0 aromatic rings. The minimum atomic E-state index is -0.679. The molecule has 0 aromatic carbocycles. The van der Waals surface area contributed by atoms with Crippen molar-refractivity contribution < 1.29 is 9.90 Å². The highest BCUT2D eigenvalue weighted by atomic mass is 16.4. The zero-order chi connectivity index (χ0) is 12.6. The molecule has 2 aliphatic carbocycles. The Bertz CT molecular complexity index is 453. The Balaban J connectivity index is 1.93. The van der Waals surface area contributed by atoms with Gasteiger partial charge in [0.15, 0.2) is 0 Å². The molecule has 0 aromatic heterocycles. The molecule has 3 rings (SSSR count). The lowest BCUT2D eigenvalue weighted by atomic mass is 9.66. The van der Waals surface area contributed by atoms with Crippen molar-refractivity contribution in [1.29, 1.82) is 0 Å². The van der Waals surface area contributed by atoms with E-state index in [4.69, 9.17) is 0 Å². The van der Waals surface area contributed by atoms with Crippen molar-refractivity contribution in [3.8, 4) is 0 Å². The second kappa shape index (κ2) is 4.28. The molecule has 0 spiro atoms. The van der Waals surface area contributed by atoms with E-state index in [0.29, 0.717) is 12.8 Å². The summed E-state index contributed by atoms with van der Waals surface area (Å²) in [6, 6.07) is -0.0313. The molecule has 1 heterocycles. The molecule has 4 heteroatoms. The summed E-state index contributed by atoms with van der Waals surface area (Å²) in [6.45, 7) is 0. The molecule has 0 saturated carbocycles. The Hall–Kier alpha value is -1.55. The van der Waals surface area contributed by atoms with Gasteiger partial charge in [0, 0.05) is 11.6 Å². The first kappa shape index (κ1) is 11.5. The maximum atomic E-state index is 11.8. The van der Waals surface area contributed by atoms with E-state index < -0.39 is 11.4 Å². The van der Waals surface area contributed by atoms with Gasteiger partial charge in [-0.1, -0.05) is 24.3 Å². The predicted molar refractivity (Wildman–Crippen MR) is 68.4 cm³/mol. The average molecular weight is 246 g/mol. The van der Waals surface area contributed by atoms with Crippen LogP contribution in [0.25, 0.3) is 0 Å². The summed E-state index contributed by atoms with van der Waals surface area (Å²) in [5, 5.41) is 9.70. The Morgan fingerprint density at radius 2 is 2.28 bits per heavy atom. The highest BCUT2D eigenvalue weighted by Crippen LogP contribution is 2.44. The maximum absolute atomic E-state index is 11.8. The molecule has 3 unspecified atom stereocenters. The monoisotopic (exact) mass is 246 g/mol. The van der Waals surface area contributed by atoms with Crippen molar-refractivity contribution in [2.75, 3.05) is 0 Å². The van der Waals surface area contributed by atoms with Crippen molar-refractivity contribution >= 4 is 5.97 Å². The van der Waals surface area contributed by atoms with Crippen molar-refractivity contribution in [3.05, 3.63) is 36.1 Å². The minimum absolute atomic E-state index is 0.0313. The molecular weight excluding hydrogens is 228 g/mol. The number of hydrogen-bond donors (Lipinski definition) is 3. The van der Waals surface area contributed by atoms with Gasteiger partial charge in [0.2, 0.25) is 0 Å². The summed E-state index contributed by atoms with van der Waals surface area (Å²) >= 11 is 0. The highest BCUT2D eigenvalue weighted by Gasteiger charge is 2.51. The third kappa shape index (κ3) is 1.60. The molecule has 0 amide bonds. The summed E-state index contributed by atoms with van der Waals surface area (Å²) in [4.78, 5) is 11.8. The van der Waals surface area contributed by atoms with Crippen molar-refractivity contribution in [1.82, 2.24) is 10.9 Å². The topological polar surface area (TPSA) is 61.4 Å². The van der Waals surface area contributed by atoms with Crippen LogP contribution in [-0.4, -0.2) is 17.1 Å². The summed E-state index contributed by atoms with van der Waals surface area (Å²) < 4.78 is 0. The molecule has 4 nitrogen and oxygen atoms in total. The van der Waals surface area contributed by atoms with Gasteiger partial charge in [-0.05, 0) is 31.8 Å². The fraction of sp³-hybridized carbons (Fsp3) is 0.500. The van der Waals surface area contributed by atoms with E-state index in [2.05, 4.69) is 23.0 Å². The van der Waals surface area contributed by atoms with Gasteiger partial charge in [-0.3, -0.25) is 4.79 Å². The molecule has 0 bridgehead atoms. The van der Waals surface area contributed by atoms with Gasteiger partial charge in [-0.15, -0.1) is 0 Å². The zero-order valence-electron chi connectivity index (χ0n) is 10.2. The lowest BCUT2D eigenvalue weighted by Gasteiger charge is -2.38. The number of hydrazine groups is 1. The average Bonchev–Trinajstić information content (AvgIpc) is 2.83. The number of carboxylic acids is 1. The van der Waals surface area contributed by atoms with E-state index in [1.54, 1.807) is 0 Å². The number of nitrogens with one attached hydrogen (secondary N) is 2. The van der Waals surface area contributed by atoms with E-state index in [9.17, 15) is 9.90 Å². The van der Waals surface area contributed by atoms with Crippen LogP contribution in [0, 0.1) is 11.3 Å². The minimum Gasteiger partial charge on any atom is -0.481 e. The summed E-state index contributed by atoms with van der Waals surface area (Å²) in [7, 11) is 0. The summed E-state index contributed by atoms with van der Waals surface area (Å²) in [6.07, 6.45) is 13.4. The van der Waals surface area contributed by atoms with Crippen LogP contribution >= 0.6 is 0 Å². The fourth-order valence-electron chi connectivity index (χ4n) is 3.35. The van der Waals surface area contributed by atoms with Crippen LogP contribution in [0.5, 0.6) is 0 Å². The van der Waals surface area contributed by atoms with Crippen molar-refractivity contribution in [2.45, 2.75) is 31.7 Å². The first-order valence-electron chi connectivity index (χ1n) is 6.51. The number of hydrogen-bond acceptors (Lipinski definition) is 3. The Kier molecular flexibility index (Phi) is 2.74. The van der Waals surface area contributed by atoms with Crippen LogP contribution in [0.4, 0.5) is 0 Å². The van der Waals surface area contributed by atoms with Gasteiger partial charge in [-0.2, -0.15) is 0 Å². The lowest BCUT2D eigenvalue weighted by molar-refractivity contribution is -0.152. The molecule has 3 aliphatic rings. The van der Waals surface area contributed by atoms with Crippen LogP contribution in [0.2, 0.25) is 0 Å². The second-order valence-corrected chi connectivity index (χ2v) is 5.31. The fourth-order valence-corrected chi connectivity index (χ4v) is 3.35. The number of rotatable bonds is 2. The van der Waals surface area contributed by atoms with E-state index >= 15 is 0 Å². The lowest BCUT2D eigenvalue weighted by Crippen LogP contribution is -2.52. The number of carboxylic acid groups (broad SMARTS) is 1. The number of aliphatic carboxylic acids is 1. The molecule has 0 radical (unpaired) electrons. The van der Waals surface area contributed by atoms with Gasteiger partial charge < -0.3 is 10.5 Å². The van der Waals surface area contributed by atoms with Crippen LogP contribution in [0.3, 0.4) is 0 Å². The second-order valence-electron chi connectivity index (χ2n) is 5.31. The highest BCUT2D eigenvalue weighted by molar-refractivity contribution is 5.76. The van der Waals surface area contributed by atoms with Gasteiger partial charge >= 0.3 is 5.97 Å². The number of fused-ring (bicyclic) bond motifs is 1. The van der Waals surface area contributed by atoms with Crippen molar-refractivity contribution in [2.24, 2.45) is 11.3 Å². The van der Waals surface area contributed by atoms with Crippen LogP contribution in [0.1, 0.15) is 25.7 Å². The number of allylic oxidation sites excluding steroid dienone is 5. The van der Waals surface area contributed by atoms with E-state index in [1.807, 2.05) is 18.2 Å². The Morgan fingerprint density at radius 3 is 3.00 bits per heavy atom. The smallest absolute Gasteiger partial charge is 0.311 e. The third-order valence-corrected chi connectivity index (χ3v) is 4.40. The molecule has 96 valence electrons. The normalized spacial score (nSPS) is 37.9. The Morgan fingerprint density at radius 1 is 1.39 bits per heavy atom. The van der Waals surface area contributed by atoms with E-state index in [1.165, 1.54) is 0 Å². The van der Waals surface area contributed by atoms with Crippen LogP contribution < -0.4 is 10.9 Å². The standard InChI is InChI=1S/C14H18N2O2/c17-13(18)14(8-4-1-5-9-14)12-10-6-2-3-7-11(10)15-16-12/h1-4,7,10,12,15-16H,5-6,8-9H2,(H,17,18). The first-order valence-corrected chi connectivity index (χ1v) is 6.51. The van der Waals surface area contributed by atoms with Gasteiger partial charge in [0.1, 0.15) is 0 Å². The van der Waals surface area contributed by atoms with Crippen molar-refractivity contribution in [3.63, 3.8) is 0 Å². The largest absolute Gasteiger partial charge is 0.481 e. The third-order valence-electron chi connectivity index (χ3n) is 4.40. The molecule has 3 atom stereocenters. The SMILES string of the molecule is O=C(O)C1(C2NNC3=CC=CCC32)CC=CCC1. The van der Waals surface area contributed by atoms with E-state index in [-0.39, 0.29) is 12.0 Å². The van der Waals surface area contributed by atoms with Crippen LogP contribution in [-0.2, 0) is 4.79 Å².